The molecular formula is C15H15BrFN. The Morgan fingerprint density at radius 1 is 1.17 bits per heavy atom. The van der Waals surface area contributed by atoms with Crippen molar-refractivity contribution in [1.29, 1.82) is 0 Å². The number of hydrogen-bond acceptors (Lipinski definition) is 1. The van der Waals surface area contributed by atoms with Crippen molar-refractivity contribution < 1.29 is 4.39 Å². The first-order valence-corrected chi connectivity index (χ1v) is 6.53. The van der Waals surface area contributed by atoms with Crippen LogP contribution >= 0.6 is 15.9 Å². The maximum atomic E-state index is 13.3. The van der Waals surface area contributed by atoms with E-state index in [4.69, 9.17) is 5.73 Å². The molecule has 1 nitrogen and oxygen atoms in total. The second-order valence-electron chi connectivity index (χ2n) is 4.65. The van der Waals surface area contributed by atoms with Gasteiger partial charge in [-0.15, -0.1) is 0 Å². The Bertz CT molecular complexity index is 578. The minimum Gasteiger partial charge on any atom is -0.318 e. The van der Waals surface area contributed by atoms with Crippen molar-refractivity contribution in [2.45, 2.75) is 19.4 Å². The van der Waals surface area contributed by atoms with Crippen molar-refractivity contribution in [3.63, 3.8) is 0 Å². The van der Waals surface area contributed by atoms with Crippen LogP contribution in [0.3, 0.4) is 0 Å². The van der Waals surface area contributed by atoms with Gasteiger partial charge in [0.2, 0.25) is 0 Å². The minimum absolute atomic E-state index is 0.207. The zero-order valence-electron chi connectivity index (χ0n) is 10.4. The van der Waals surface area contributed by atoms with Gasteiger partial charge in [0.1, 0.15) is 5.82 Å². The summed E-state index contributed by atoms with van der Waals surface area (Å²) in [7, 11) is 0. The Labute approximate surface area is 115 Å². The van der Waals surface area contributed by atoms with Gasteiger partial charge < -0.3 is 5.73 Å². The molecule has 3 heteroatoms. The summed E-state index contributed by atoms with van der Waals surface area (Å²) < 4.78 is 14.3. The van der Waals surface area contributed by atoms with Crippen LogP contribution in [0.25, 0.3) is 0 Å². The number of rotatable bonds is 2. The molecule has 0 fully saturated rings. The molecule has 2 N–H and O–H groups in total. The summed E-state index contributed by atoms with van der Waals surface area (Å²) >= 11 is 3.51. The summed E-state index contributed by atoms with van der Waals surface area (Å²) in [6.07, 6.45) is 0. The molecule has 2 aromatic carbocycles. The molecule has 0 bridgehead atoms. The Balaban J connectivity index is 2.54. The predicted molar refractivity (Wildman–Crippen MR) is 75.9 cm³/mol. The lowest BCUT2D eigenvalue weighted by atomic mass is 9.85. The van der Waals surface area contributed by atoms with Crippen LogP contribution in [0.1, 0.15) is 23.6 Å². The van der Waals surface area contributed by atoms with E-state index in [9.17, 15) is 4.39 Å². The molecule has 0 heterocycles. The highest BCUT2D eigenvalue weighted by molar-refractivity contribution is 9.10. The molecule has 2 aromatic rings. The summed E-state index contributed by atoms with van der Waals surface area (Å²) in [6.45, 7) is 3.68. The van der Waals surface area contributed by atoms with Gasteiger partial charge in [0.15, 0.2) is 0 Å². The molecule has 0 aliphatic carbocycles. The number of nitrogens with two attached hydrogens (primary N) is 1. The molecule has 0 aromatic heterocycles. The van der Waals surface area contributed by atoms with Crippen LogP contribution in [0.15, 0.2) is 46.9 Å². The molecule has 0 aliphatic heterocycles. The van der Waals surface area contributed by atoms with E-state index in [2.05, 4.69) is 15.9 Å². The van der Waals surface area contributed by atoms with Crippen LogP contribution < -0.4 is 5.73 Å². The normalized spacial score (nSPS) is 14.3. The maximum absolute atomic E-state index is 13.3. The smallest absolute Gasteiger partial charge is 0.126 e. The van der Waals surface area contributed by atoms with E-state index < -0.39 is 5.54 Å². The third-order valence-electron chi connectivity index (χ3n) is 3.19. The van der Waals surface area contributed by atoms with Gasteiger partial charge in [0.25, 0.3) is 0 Å². The van der Waals surface area contributed by atoms with E-state index in [1.807, 2.05) is 31.2 Å². The number of aryl methyl sites for hydroxylation is 1. The third-order valence-corrected chi connectivity index (χ3v) is 3.88. The molecule has 1 unspecified atom stereocenters. The minimum atomic E-state index is -0.654. The first-order valence-electron chi connectivity index (χ1n) is 5.73. The quantitative estimate of drug-likeness (QED) is 0.887. The van der Waals surface area contributed by atoms with Gasteiger partial charge in [-0.3, -0.25) is 0 Å². The summed E-state index contributed by atoms with van der Waals surface area (Å²) in [4.78, 5) is 0. The van der Waals surface area contributed by atoms with Gasteiger partial charge in [0.05, 0.1) is 5.54 Å². The van der Waals surface area contributed by atoms with E-state index in [-0.39, 0.29) is 5.82 Å². The molecule has 0 spiro atoms. The highest BCUT2D eigenvalue weighted by Crippen LogP contribution is 2.32. The third kappa shape index (κ3) is 2.33. The van der Waals surface area contributed by atoms with E-state index in [1.54, 1.807) is 19.1 Å². The maximum Gasteiger partial charge on any atom is 0.126 e. The van der Waals surface area contributed by atoms with Crippen LogP contribution in [0.2, 0.25) is 0 Å². The molecule has 0 saturated carbocycles. The molecule has 0 aliphatic rings. The second-order valence-corrected chi connectivity index (χ2v) is 5.50. The highest BCUT2D eigenvalue weighted by atomic mass is 79.9. The summed E-state index contributed by atoms with van der Waals surface area (Å²) in [5.41, 5.74) is 8.26. The van der Waals surface area contributed by atoms with Crippen molar-refractivity contribution in [3.05, 3.63) is 69.4 Å². The number of halogens is 2. The van der Waals surface area contributed by atoms with Crippen LogP contribution in [-0.4, -0.2) is 0 Å². The Morgan fingerprint density at radius 2 is 1.83 bits per heavy atom. The lowest BCUT2D eigenvalue weighted by Gasteiger charge is -2.27. The fourth-order valence-electron chi connectivity index (χ4n) is 2.01. The average Bonchev–Trinajstić information content (AvgIpc) is 2.33. The molecule has 1 atom stereocenters. The van der Waals surface area contributed by atoms with Crippen LogP contribution in [0.4, 0.5) is 4.39 Å². The highest BCUT2D eigenvalue weighted by Gasteiger charge is 2.26. The summed E-state index contributed by atoms with van der Waals surface area (Å²) in [5, 5.41) is 0. The second kappa shape index (κ2) is 4.82. The molecular weight excluding hydrogens is 293 g/mol. The molecule has 0 amide bonds. The zero-order valence-corrected chi connectivity index (χ0v) is 12.0. The lowest BCUT2D eigenvalue weighted by Crippen LogP contribution is -2.34. The fraction of sp³-hybridized carbons (Fsp3) is 0.200. The largest absolute Gasteiger partial charge is 0.318 e. The molecule has 0 radical (unpaired) electrons. The van der Waals surface area contributed by atoms with Crippen molar-refractivity contribution in [2.75, 3.05) is 0 Å². The fourth-order valence-corrected chi connectivity index (χ4v) is 2.70. The predicted octanol–water partition coefficient (Wildman–Crippen LogP) is 4.12. The number of benzene rings is 2. The summed E-state index contributed by atoms with van der Waals surface area (Å²) in [6, 6.07) is 12.8. The Kier molecular flexibility index (Phi) is 3.55. The Morgan fingerprint density at radius 3 is 2.44 bits per heavy atom. The van der Waals surface area contributed by atoms with E-state index >= 15 is 0 Å². The number of hydrogen-bond donors (Lipinski definition) is 1. The van der Waals surface area contributed by atoms with Crippen molar-refractivity contribution in [2.24, 2.45) is 5.73 Å². The van der Waals surface area contributed by atoms with Crippen molar-refractivity contribution >= 4 is 15.9 Å². The first kappa shape index (κ1) is 13.2. The van der Waals surface area contributed by atoms with Crippen LogP contribution in [-0.2, 0) is 5.54 Å². The average molecular weight is 308 g/mol. The molecule has 94 valence electrons. The van der Waals surface area contributed by atoms with Crippen molar-refractivity contribution in [1.82, 2.24) is 0 Å². The molecule has 18 heavy (non-hydrogen) atoms. The van der Waals surface area contributed by atoms with Crippen LogP contribution in [0, 0.1) is 12.7 Å². The van der Waals surface area contributed by atoms with E-state index in [0.717, 1.165) is 15.6 Å². The van der Waals surface area contributed by atoms with Gasteiger partial charge in [0, 0.05) is 4.47 Å². The molecule has 2 rings (SSSR count). The van der Waals surface area contributed by atoms with Gasteiger partial charge in [-0.1, -0.05) is 46.3 Å². The van der Waals surface area contributed by atoms with Gasteiger partial charge in [-0.25, -0.2) is 4.39 Å². The van der Waals surface area contributed by atoms with Gasteiger partial charge in [-0.05, 0) is 42.7 Å². The molecule has 0 saturated heterocycles. The van der Waals surface area contributed by atoms with E-state index in [1.165, 1.54) is 6.07 Å². The lowest BCUT2D eigenvalue weighted by molar-refractivity contribution is 0.586. The Hall–Kier alpha value is -1.19. The first-order chi connectivity index (χ1) is 8.43. The monoisotopic (exact) mass is 307 g/mol. The van der Waals surface area contributed by atoms with E-state index in [0.29, 0.717) is 5.56 Å². The van der Waals surface area contributed by atoms with Crippen molar-refractivity contribution in [3.8, 4) is 0 Å². The van der Waals surface area contributed by atoms with Gasteiger partial charge in [-0.2, -0.15) is 0 Å². The SMILES string of the molecule is Cc1cc(C(C)(N)c2ccccc2Br)ccc1F. The van der Waals surface area contributed by atoms with Crippen LogP contribution in [0.5, 0.6) is 0 Å². The summed E-state index contributed by atoms with van der Waals surface area (Å²) in [5.74, 6) is -0.207. The standard InChI is InChI=1S/C15H15BrFN/c1-10-9-11(7-8-14(10)17)15(2,18)12-5-3-4-6-13(12)16/h3-9H,18H2,1-2H3. The topological polar surface area (TPSA) is 26.0 Å². The van der Waals surface area contributed by atoms with Gasteiger partial charge >= 0.3 is 0 Å². The zero-order chi connectivity index (χ0) is 13.3.